The number of rotatable bonds is 22. The quantitative estimate of drug-likeness (QED) is 0.0795. The molecule has 276 valence electrons. The van der Waals surface area contributed by atoms with Gasteiger partial charge in [-0.25, -0.2) is 5.01 Å². The topological polar surface area (TPSA) is 164 Å². The number of nitrogens with zero attached hydrogens (tertiary/aromatic N) is 2. The van der Waals surface area contributed by atoms with E-state index >= 15 is 0 Å². The Labute approximate surface area is 293 Å². The number of carbonyl (C=O) groups is 5. The van der Waals surface area contributed by atoms with E-state index in [1.165, 1.54) is 0 Å². The molecule has 1 heterocycles. The van der Waals surface area contributed by atoms with E-state index < -0.39 is 35.8 Å². The summed E-state index contributed by atoms with van der Waals surface area (Å²) in [6, 6.07) is 2.34. The number of hydrazine groups is 2. The summed E-state index contributed by atoms with van der Waals surface area (Å²) in [5, 5.41) is 13.5. The van der Waals surface area contributed by atoms with E-state index in [9.17, 15) is 24.0 Å². The normalized spacial score (nSPS) is 15.3. The second-order valence-corrected chi connectivity index (χ2v) is 14.2. The Hall–Kier alpha value is -3.55. The molecule has 0 saturated carbocycles. The van der Waals surface area contributed by atoms with Gasteiger partial charge in [-0.15, -0.1) is 0 Å². The van der Waals surface area contributed by atoms with Crippen molar-refractivity contribution < 1.29 is 24.0 Å². The summed E-state index contributed by atoms with van der Waals surface area (Å²) in [6.07, 6.45) is 4.00. The van der Waals surface area contributed by atoms with E-state index in [-0.39, 0.29) is 29.2 Å². The van der Waals surface area contributed by atoms with E-state index in [2.05, 4.69) is 51.0 Å². The van der Waals surface area contributed by atoms with Crippen LogP contribution in [-0.2, 0) is 14.4 Å². The fourth-order valence-electron chi connectivity index (χ4n) is 5.78. The molecule has 0 aromatic heterocycles. The molecule has 49 heavy (non-hydrogen) atoms. The highest BCUT2D eigenvalue weighted by Gasteiger charge is 2.30. The van der Waals surface area contributed by atoms with Crippen molar-refractivity contribution in [2.24, 2.45) is 17.8 Å². The minimum absolute atomic E-state index is 0.0516. The van der Waals surface area contributed by atoms with Gasteiger partial charge >= 0.3 is 0 Å². The largest absolute Gasteiger partial charge is 0.351 e. The van der Waals surface area contributed by atoms with Crippen LogP contribution in [0.4, 0.5) is 5.69 Å². The highest BCUT2D eigenvalue weighted by molar-refractivity contribution is 6.04. The Morgan fingerprint density at radius 2 is 1.37 bits per heavy atom. The Morgan fingerprint density at radius 3 is 1.92 bits per heavy atom. The van der Waals surface area contributed by atoms with Crippen LogP contribution in [0.15, 0.2) is 18.2 Å². The summed E-state index contributed by atoms with van der Waals surface area (Å²) >= 11 is 0. The lowest BCUT2D eigenvalue weighted by atomic mass is 9.99. The molecule has 0 unspecified atom stereocenters. The van der Waals surface area contributed by atoms with Crippen molar-refractivity contribution >= 4 is 35.6 Å². The molecule has 0 aliphatic carbocycles. The number of likely N-dealkylation sites (N-methyl/N-ethyl adjacent to an activating group) is 1. The van der Waals surface area contributed by atoms with Crippen molar-refractivity contribution in [1.82, 2.24) is 36.7 Å². The van der Waals surface area contributed by atoms with Crippen LogP contribution >= 0.6 is 0 Å². The number of aldehydes is 1. The van der Waals surface area contributed by atoms with Gasteiger partial charge in [0.25, 0.3) is 11.8 Å². The third-order valence-electron chi connectivity index (χ3n) is 8.48. The average Bonchev–Trinajstić information content (AvgIpc) is 3.57. The first-order valence-electron chi connectivity index (χ1n) is 18.1. The fourth-order valence-corrected chi connectivity index (χ4v) is 5.78. The summed E-state index contributed by atoms with van der Waals surface area (Å²) in [5.74, 6) is -1.33. The molecule has 0 bridgehead atoms. The van der Waals surface area contributed by atoms with Crippen LogP contribution in [0.25, 0.3) is 0 Å². The number of amides is 4. The molecule has 1 aromatic rings. The first kappa shape index (κ1) is 41.6. The molecule has 1 aliphatic heterocycles. The van der Waals surface area contributed by atoms with Crippen molar-refractivity contribution in [3.8, 4) is 0 Å². The molecule has 1 saturated heterocycles. The van der Waals surface area contributed by atoms with E-state index in [1.54, 1.807) is 18.2 Å². The Bertz CT molecular complexity index is 1210. The van der Waals surface area contributed by atoms with E-state index in [4.69, 9.17) is 0 Å². The Kier molecular flexibility index (Phi) is 18.3. The third kappa shape index (κ3) is 14.8. The van der Waals surface area contributed by atoms with Gasteiger partial charge in [0.15, 0.2) is 0 Å². The zero-order valence-electron chi connectivity index (χ0n) is 31.0. The minimum atomic E-state index is -0.935. The van der Waals surface area contributed by atoms with Crippen molar-refractivity contribution in [3.05, 3.63) is 29.3 Å². The van der Waals surface area contributed by atoms with Crippen LogP contribution in [0, 0.1) is 17.8 Å². The third-order valence-corrected chi connectivity index (χ3v) is 8.48. The van der Waals surface area contributed by atoms with Crippen molar-refractivity contribution in [2.45, 2.75) is 106 Å². The molecule has 1 aromatic carbocycles. The van der Waals surface area contributed by atoms with Gasteiger partial charge in [0.1, 0.15) is 18.4 Å². The van der Waals surface area contributed by atoms with Crippen molar-refractivity contribution in [2.75, 3.05) is 44.7 Å². The van der Waals surface area contributed by atoms with Crippen molar-refractivity contribution in [1.29, 1.82) is 0 Å². The lowest BCUT2D eigenvalue weighted by molar-refractivity contribution is -0.131. The van der Waals surface area contributed by atoms with Crippen LogP contribution in [0.1, 0.15) is 108 Å². The van der Waals surface area contributed by atoms with Gasteiger partial charge in [0.05, 0.1) is 17.3 Å². The molecule has 1 aliphatic rings. The standard InChI is InChI=1S/C36H62N8O5/c1-9-43(10-2)18-15-37-33(46)27-13-14-29(30(22-27)41-42-44-16-11-12-17-44)34(47)39-32(21-26(7)8)36(49)40-31(20-25(5)6)35(48)38-28(23-45)19-24(3)4/h13-14,22-26,28,31-32,41-42H,9-12,15-21H2,1-8H3,(H,37,46)(H,38,48)(H,39,47)(H,40,49)/t28-,31-,32-/m0/s1. The predicted molar refractivity (Wildman–Crippen MR) is 194 cm³/mol. The van der Waals surface area contributed by atoms with Gasteiger partial charge in [-0.2, -0.15) is 5.53 Å². The summed E-state index contributed by atoms with van der Waals surface area (Å²) in [7, 11) is 0. The average molecular weight is 687 g/mol. The molecule has 0 spiro atoms. The lowest BCUT2D eigenvalue weighted by Crippen LogP contribution is -2.55. The van der Waals surface area contributed by atoms with Crippen molar-refractivity contribution in [3.63, 3.8) is 0 Å². The van der Waals surface area contributed by atoms with Crippen LogP contribution in [0.3, 0.4) is 0 Å². The zero-order chi connectivity index (χ0) is 36.5. The monoisotopic (exact) mass is 686 g/mol. The summed E-state index contributed by atoms with van der Waals surface area (Å²) in [4.78, 5) is 67.8. The smallest absolute Gasteiger partial charge is 0.254 e. The zero-order valence-corrected chi connectivity index (χ0v) is 31.0. The minimum Gasteiger partial charge on any atom is -0.351 e. The SMILES string of the molecule is CCN(CC)CCNC(=O)c1ccc(C(=O)N[C@@H](CC(C)C)C(=O)N[C@@H](CC(C)C)C(=O)N[C@H](C=O)CC(C)C)c(NNN2CCCC2)c1. The molecule has 6 N–H and O–H groups in total. The van der Waals surface area contributed by atoms with Gasteiger partial charge in [-0.1, -0.05) is 55.4 Å². The predicted octanol–water partition coefficient (Wildman–Crippen LogP) is 3.09. The van der Waals surface area contributed by atoms with Crippen LogP contribution in [0.2, 0.25) is 0 Å². The maximum absolute atomic E-state index is 13.8. The molecule has 4 amide bonds. The number of hydrogen-bond acceptors (Lipinski definition) is 9. The highest BCUT2D eigenvalue weighted by atomic mass is 16.2. The first-order chi connectivity index (χ1) is 23.3. The fraction of sp³-hybridized carbons (Fsp3) is 0.694. The number of anilines is 1. The molecule has 3 atom stereocenters. The molecule has 1 fully saturated rings. The van der Waals surface area contributed by atoms with Crippen LogP contribution in [0.5, 0.6) is 0 Å². The molecule has 2 rings (SSSR count). The van der Waals surface area contributed by atoms with E-state index in [0.29, 0.717) is 37.1 Å². The van der Waals surface area contributed by atoms with Gasteiger partial charge < -0.3 is 36.4 Å². The van der Waals surface area contributed by atoms with Crippen LogP contribution < -0.4 is 32.2 Å². The van der Waals surface area contributed by atoms with Gasteiger partial charge in [0, 0.05) is 31.7 Å². The summed E-state index contributed by atoms with van der Waals surface area (Å²) in [6.45, 7) is 20.6. The van der Waals surface area contributed by atoms with Gasteiger partial charge in [0.2, 0.25) is 11.8 Å². The lowest BCUT2D eigenvalue weighted by Gasteiger charge is -2.26. The Balaban J connectivity index is 2.28. The summed E-state index contributed by atoms with van der Waals surface area (Å²) in [5.41, 5.74) is 7.31. The maximum Gasteiger partial charge on any atom is 0.254 e. The highest BCUT2D eigenvalue weighted by Crippen LogP contribution is 2.20. The van der Waals surface area contributed by atoms with Gasteiger partial charge in [-0.3, -0.25) is 19.2 Å². The number of nitrogens with one attached hydrogen (secondary N) is 6. The number of benzene rings is 1. The van der Waals surface area contributed by atoms with Gasteiger partial charge in [-0.05, 0) is 81.1 Å². The maximum atomic E-state index is 13.8. The number of carbonyl (C=O) groups excluding carboxylic acids is 5. The second kappa shape index (κ2) is 21.5. The first-order valence-corrected chi connectivity index (χ1v) is 18.1. The van der Waals surface area contributed by atoms with E-state index in [0.717, 1.165) is 51.9 Å². The van der Waals surface area contributed by atoms with E-state index in [1.807, 2.05) is 46.6 Å². The second-order valence-electron chi connectivity index (χ2n) is 14.2. The molecule has 0 radical (unpaired) electrons. The van der Waals surface area contributed by atoms with Crippen LogP contribution in [-0.4, -0.2) is 97.2 Å². The Morgan fingerprint density at radius 1 is 0.796 bits per heavy atom. The molecular formula is C36H62N8O5. The molecule has 13 nitrogen and oxygen atoms in total. The summed E-state index contributed by atoms with van der Waals surface area (Å²) < 4.78 is 0. The number of hydrogen-bond donors (Lipinski definition) is 6. The molecule has 13 heteroatoms. The molecular weight excluding hydrogens is 624 g/mol.